The number of unbranched alkanes of at least 4 members (excludes halogenated alkanes) is 2. The molecule has 824 valence electrons. The summed E-state index contributed by atoms with van der Waals surface area (Å²) in [6.45, 7) is 114. The molecule has 0 fully saturated rings. The molecule has 0 atom stereocenters. The molecule has 0 radical (unpaired) electrons. The summed E-state index contributed by atoms with van der Waals surface area (Å²) >= 11 is 0. The fourth-order valence-electron chi connectivity index (χ4n) is 20.3. The first-order chi connectivity index (χ1) is 64.7. The second kappa shape index (κ2) is 53.6. The van der Waals surface area contributed by atoms with Crippen molar-refractivity contribution in [1.29, 1.82) is 0 Å². The maximum atomic E-state index is 12.8. The Labute approximate surface area is 901 Å². The van der Waals surface area contributed by atoms with E-state index in [4.69, 9.17) is 45.3 Å². The average Bonchev–Trinajstić information content (AvgIpc) is 0.747. The van der Waals surface area contributed by atoms with Gasteiger partial charge in [-0.05, 0) is 287 Å². The van der Waals surface area contributed by atoms with Crippen LogP contribution in [0.2, 0.25) is 336 Å². The second-order valence-corrected chi connectivity index (χ2v) is 140. The van der Waals surface area contributed by atoms with E-state index < -0.39 is 184 Å². The van der Waals surface area contributed by atoms with E-state index in [1.54, 1.807) is 10.4 Å². The van der Waals surface area contributed by atoms with Gasteiger partial charge in [-0.25, -0.2) is 28.1 Å². The van der Waals surface area contributed by atoms with Crippen LogP contribution in [-0.4, -0.2) is 191 Å². The summed E-state index contributed by atoms with van der Waals surface area (Å²) < 4.78 is 78.1. The maximum Gasteiger partial charge on any atom is 0.336 e. The molecular formula is C105H213N3O16Si20. The SMILES string of the molecule is CCCCc1cc(C(C)(C)c2ccc(O)c(CCC[Si](C)(C)c3ccc([Si](C)(C)C)cc3)c2)ccc1O.CCCCn1c(=O)n(C)c(=O)n(CCC[Si](C)(C)c2ccc([Si](C)(C)C)cc2)c1=O.CCC[Si](C)(C)O[Si](C)(C)CC[Si](C)(C)O[Si](C)(C)O[Si](C)(C)O[Si](C)(C)O[Si](C)(C)O[Si](C)(C)O[Si](C)(C)O[Si](C)(C)O[Si](C)(C)O[Si](C)(C)C.CCC[Si](C)(C)O[Si](C)(C)CC[Si](C)(C)c1ccc([Si](C)(C)C)cc1. The van der Waals surface area contributed by atoms with E-state index in [1.807, 2.05) is 25.1 Å². The zero-order valence-electron chi connectivity index (χ0n) is 101. The summed E-state index contributed by atoms with van der Waals surface area (Å²) in [5.41, 5.74) is 2.72. The van der Waals surface area contributed by atoms with Crippen molar-refractivity contribution in [3.63, 3.8) is 0 Å². The van der Waals surface area contributed by atoms with Gasteiger partial charge in [0.2, 0.25) is 0 Å². The Morgan fingerprint density at radius 2 is 0.500 bits per heavy atom. The standard InChI is InChI=1S/C33H48O2Si2.C30H86O10Si12.C22H37N3O3Si2.C20H42OSi4/c1-9-10-12-25-23-27(14-20-31(25)34)33(2,3)28-15-21-32(35)26(24-28)13-11-22-37(7,8)30-18-16-29(17-19-30)36(4,5)6;1-27-28-42(5,6)32-43(7,8)29-30-44(9,10)33-46(13,14)35-48(17,18)37-50(21,22)39-52(25,26)40-51(23,24)38-49(19,20)36-47(15,16)34-45(11,12)31-41(2,3)4;1-8-9-15-24-20(26)23(2)21(27)25(22(24)28)16-10-17-30(6,7)19-13-11-18(12-14-19)29(3,4)5;1-11-16-24(7,8)21-25(9,10)18-17-23(5,6)20-14-12-19(13-15-20)22(2,3)4/h14-21,23-24,34-35H,9-13,22H2,1-8H3;27-30H2,1-26H3;11-14H,8-10,15-17H2,1-7H3;12-15H,11,16-18H2,1-10H3. The Bertz CT molecular complexity index is 5160. The third-order valence-electron chi connectivity index (χ3n) is 26.7. The Morgan fingerprint density at radius 1 is 0.257 bits per heavy atom. The van der Waals surface area contributed by atoms with Crippen LogP contribution in [-0.2, 0) is 83.7 Å². The van der Waals surface area contributed by atoms with Crippen molar-refractivity contribution in [1.82, 2.24) is 13.7 Å². The van der Waals surface area contributed by atoms with Crippen LogP contribution in [0, 0.1) is 0 Å². The number of hydrogen-bond donors (Lipinski definition) is 2. The lowest BCUT2D eigenvalue weighted by Crippen LogP contribution is -2.62. The fourth-order valence-corrected chi connectivity index (χ4v) is 105. The molecule has 0 unspecified atom stereocenters. The molecule has 2 N–H and O–H groups in total. The van der Waals surface area contributed by atoms with Gasteiger partial charge in [0.25, 0.3) is 0 Å². The number of benzene rings is 5. The largest absolute Gasteiger partial charge is 0.508 e. The lowest BCUT2D eigenvalue weighted by atomic mass is 9.76. The molecule has 0 bridgehead atoms. The van der Waals surface area contributed by atoms with Gasteiger partial charge >= 0.3 is 85.6 Å². The van der Waals surface area contributed by atoms with Gasteiger partial charge in [0.05, 0.1) is 48.4 Å². The highest BCUT2D eigenvalue weighted by molar-refractivity contribution is 6.97. The van der Waals surface area contributed by atoms with E-state index in [0.29, 0.717) is 24.6 Å². The van der Waals surface area contributed by atoms with Gasteiger partial charge in [-0.2, -0.15) is 0 Å². The monoisotopic (exact) mass is 2330 g/mol. The van der Waals surface area contributed by atoms with E-state index in [9.17, 15) is 24.6 Å². The fraction of sp³-hybridized carbons (Fsp3) is 0.686. The number of phenols is 2. The van der Waals surface area contributed by atoms with Gasteiger partial charge in [-0.1, -0.05) is 318 Å². The molecule has 0 saturated heterocycles. The van der Waals surface area contributed by atoms with Crippen molar-refractivity contribution in [3.8, 4) is 11.5 Å². The molecule has 39 heteroatoms. The highest BCUT2D eigenvalue weighted by Gasteiger charge is 2.52. The van der Waals surface area contributed by atoms with Crippen LogP contribution in [0.5, 0.6) is 11.5 Å². The van der Waals surface area contributed by atoms with Crippen molar-refractivity contribution in [3.05, 3.63) is 163 Å². The van der Waals surface area contributed by atoms with Crippen molar-refractivity contribution < 1.29 is 55.5 Å². The second-order valence-electron chi connectivity index (χ2n) is 54.3. The van der Waals surface area contributed by atoms with Gasteiger partial charge in [0.15, 0.2) is 49.9 Å². The Balaban J connectivity index is 0.000000511. The van der Waals surface area contributed by atoms with Crippen LogP contribution < -0.4 is 48.2 Å². The van der Waals surface area contributed by atoms with Crippen molar-refractivity contribution in [2.75, 3.05) is 0 Å². The quantitative estimate of drug-likeness (QED) is 0.0340. The Morgan fingerprint density at radius 3 is 0.785 bits per heavy atom. The van der Waals surface area contributed by atoms with Gasteiger partial charge in [-0.15, -0.1) is 0 Å². The normalized spacial score (nSPS) is 14.0. The number of hydrogen-bond acceptors (Lipinski definition) is 16. The van der Waals surface area contributed by atoms with Crippen LogP contribution >= 0.6 is 0 Å². The first-order valence-electron chi connectivity index (χ1n) is 54.3. The maximum absolute atomic E-state index is 12.8. The molecule has 0 aliphatic carbocycles. The minimum absolute atomic E-state index is 0.219. The van der Waals surface area contributed by atoms with Crippen molar-refractivity contribution in [2.24, 2.45) is 7.05 Å². The third kappa shape index (κ3) is 48.6. The Kier molecular flexibility index (Phi) is 50.7. The third-order valence-corrected chi connectivity index (χ3v) is 97.0. The van der Waals surface area contributed by atoms with E-state index in [2.05, 4.69) is 414 Å². The molecule has 6 rings (SSSR count). The highest BCUT2D eigenvalue weighted by atomic mass is 28.5. The lowest BCUT2D eigenvalue weighted by molar-refractivity contribution is 0.257. The smallest absolute Gasteiger partial charge is 0.336 e. The number of rotatable bonds is 54. The van der Waals surface area contributed by atoms with Gasteiger partial charge < -0.3 is 55.5 Å². The molecule has 0 saturated carbocycles. The molecule has 5 aromatic carbocycles. The molecule has 0 spiro atoms. The van der Waals surface area contributed by atoms with E-state index >= 15 is 0 Å². The van der Waals surface area contributed by atoms with E-state index in [0.717, 1.165) is 85.2 Å². The summed E-state index contributed by atoms with van der Waals surface area (Å²) in [6, 6.07) is 50.0. The molecule has 1 heterocycles. The van der Waals surface area contributed by atoms with Crippen LogP contribution in [0.3, 0.4) is 0 Å². The topological polar surface area (TPSA) is 208 Å². The van der Waals surface area contributed by atoms with Crippen LogP contribution in [0.1, 0.15) is 115 Å². The zero-order chi connectivity index (χ0) is 112. The molecule has 1 aromatic heterocycles. The molecule has 144 heavy (non-hydrogen) atoms. The van der Waals surface area contributed by atoms with Crippen LogP contribution in [0.15, 0.2) is 124 Å². The Hall–Kier alpha value is -1.99. The van der Waals surface area contributed by atoms with Crippen molar-refractivity contribution >= 4 is 198 Å². The number of aromatic hydroxyl groups is 2. The first kappa shape index (κ1) is 136. The molecule has 19 nitrogen and oxygen atoms in total. The molecule has 0 aliphatic heterocycles. The van der Waals surface area contributed by atoms with Crippen LogP contribution in [0.4, 0.5) is 0 Å². The van der Waals surface area contributed by atoms with Gasteiger partial charge in [-0.3, -0.25) is 0 Å². The lowest BCUT2D eigenvalue weighted by Gasteiger charge is -2.44. The number of aryl methyl sites for hydroxylation is 2. The molecular weight excluding hydrogens is 2120 g/mol. The first-order valence-corrected chi connectivity index (χ1v) is 116. The summed E-state index contributed by atoms with van der Waals surface area (Å²) in [4.78, 5) is 37.6. The summed E-state index contributed by atoms with van der Waals surface area (Å²) in [5, 5.41) is 30.1. The predicted octanol–water partition coefficient (Wildman–Crippen LogP) is 27.5. The van der Waals surface area contributed by atoms with Crippen LogP contribution in [0.25, 0.3) is 0 Å². The summed E-state index contributed by atoms with van der Waals surface area (Å²) in [7, 11) is -37.8. The van der Waals surface area contributed by atoms with E-state index in [-0.39, 0.29) is 5.41 Å². The molecule has 6 aromatic rings. The minimum Gasteiger partial charge on any atom is -0.508 e. The predicted molar refractivity (Wildman–Crippen MR) is 676 cm³/mol. The summed E-state index contributed by atoms with van der Waals surface area (Å²) in [5.74, 6) is 0.786. The van der Waals surface area contributed by atoms with Gasteiger partial charge in [0, 0.05) is 25.6 Å². The minimum atomic E-state index is -2.69. The molecule has 0 amide bonds. The van der Waals surface area contributed by atoms with Crippen molar-refractivity contribution in [2.45, 2.75) is 461 Å². The number of phenolic OH excluding ortho intramolecular Hbond substituents is 2. The number of aromatic nitrogens is 3. The van der Waals surface area contributed by atoms with Gasteiger partial charge in [0.1, 0.15) is 11.5 Å². The molecule has 0 aliphatic rings. The van der Waals surface area contributed by atoms with E-state index in [1.165, 1.54) is 91.1 Å². The average molecular weight is 2340 g/mol. The highest BCUT2D eigenvalue weighted by Crippen LogP contribution is 2.39. The summed E-state index contributed by atoms with van der Waals surface area (Å²) in [6.07, 6.45) is 9.85. The zero-order valence-corrected chi connectivity index (χ0v) is 121. The number of nitrogens with zero attached hydrogens (tertiary/aromatic N) is 3.